The first-order chi connectivity index (χ1) is 30.4. The summed E-state index contributed by atoms with van der Waals surface area (Å²) in [4.78, 5) is 43.3. The number of hydrogen-bond donors (Lipinski definition) is 2. The Bertz CT molecular complexity index is 993. The predicted molar refractivity (Wildman–Crippen MR) is 260 cm³/mol. The molecule has 1 aliphatic carbocycles. The minimum Gasteiger partial charge on any atom is -0.465 e. The highest BCUT2D eigenvalue weighted by atomic mass is 16.5. The number of aliphatic hydroxyl groups is 1. The van der Waals surface area contributed by atoms with E-state index in [1.54, 1.807) is 0 Å². The van der Waals surface area contributed by atoms with Crippen molar-refractivity contribution in [1.29, 1.82) is 0 Å². The van der Waals surface area contributed by atoms with Gasteiger partial charge in [0.05, 0.1) is 19.8 Å². The molecule has 1 fully saturated rings. The summed E-state index contributed by atoms with van der Waals surface area (Å²) in [5.41, 5.74) is 0. The molecule has 0 bridgehead atoms. The fourth-order valence-corrected chi connectivity index (χ4v) is 9.11. The van der Waals surface area contributed by atoms with E-state index in [0.29, 0.717) is 51.0 Å². The summed E-state index contributed by atoms with van der Waals surface area (Å²) in [5.74, 6) is 0.497. The van der Waals surface area contributed by atoms with E-state index in [1.807, 2.05) is 0 Å². The van der Waals surface area contributed by atoms with E-state index in [9.17, 15) is 19.5 Å². The van der Waals surface area contributed by atoms with Gasteiger partial charge in [0.2, 0.25) is 5.91 Å². The van der Waals surface area contributed by atoms with E-state index >= 15 is 0 Å². The lowest BCUT2D eigenvalue weighted by molar-refractivity contribution is -0.149. The van der Waals surface area contributed by atoms with Crippen molar-refractivity contribution in [3.8, 4) is 0 Å². The van der Waals surface area contributed by atoms with Gasteiger partial charge >= 0.3 is 11.9 Å². The van der Waals surface area contributed by atoms with E-state index in [-0.39, 0.29) is 30.4 Å². The number of nitrogens with zero attached hydrogens (tertiary/aromatic N) is 2. The summed E-state index contributed by atoms with van der Waals surface area (Å²) in [5, 5.41) is 13.3. The highest BCUT2D eigenvalue weighted by Gasteiger charge is 2.24. The summed E-state index contributed by atoms with van der Waals surface area (Å²) < 4.78 is 11.6. The third-order valence-electron chi connectivity index (χ3n) is 13.4. The summed E-state index contributed by atoms with van der Waals surface area (Å²) in [6.45, 7) is 14.8. The standard InChI is InChI=1S/C53H103N3O6/c1-5-9-13-17-20-24-32-48(31-23-16-12-8-4)45-54-51(58)35-27-22-30-39-55(43-44-57)41-42-56(50-33-25-21-26-34-50)40-38-49(46-61-52(59)36-28-18-14-10-6-2)47-62-53(60)37-29-19-15-11-7-3/h48-50,57H,5-47H2,1-4H3,(H,54,58). The average molecular weight is 878 g/mol. The molecule has 0 spiro atoms. The van der Waals surface area contributed by atoms with Crippen molar-refractivity contribution in [2.24, 2.45) is 11.8 Å². The molecule has 1 aliphatic rings. The average Bonchev–Trinajstić information content (AvgIpc) is 3.28. The van der Waals surface area contributed by atoms with Crippen molar-refractivity contribution < 1.29 is 29.0 Å². The predicted octanol–water partition coefficient (Wildman–Crippen LogP) is 12.7. The van der Waals surface area contributed by atoms with Crippen molar-refractivity contribution in [2.75, 3.05) is 59.1 Å². The SMILES string of the molecule is CCCCCCCCC(CCCCCC)CNC(=O)CCCCCN(CCO)CCN(CCC(COC(=O)CCCCCCC)COC(=O)CCCCCCC)C1CCCCC1. The van der Waals surface area contributed by atoms with E-state index in [2.05, 4.69) is 42.8 Å². The van der Waals surface area contributed by atoms with Crippen LogP contribution in [-0.4, -0.2) is 97.9 Å². The van der Waals surface area contributed by atoms with Crippen LogP contribution in [-0.2, 0) is 23.9 Å². The molecule has 0 aliphatic heterocycles. The monoisotopic (exact) mass is 878 g/mol. The number of hydrogen-bond acceptors (Lipinski definition) is 8. The van der Waals surface area contributed by atoms with Gasteiger partial charge in [0.25, 0.3) is 0 Å². The molecule has 1 atom stereocenters. The van der Waals surface area contributed by atoms with Crippen LogP contribution < -0.4 is 5.32 Å². The number of carbonyl (C=O) groups excluding carboxylic acids is 3. The van der Waals surface area contributed by atoms with Crippen molar-refractivity contribution >= 4 is 17.8 Å². The normalized spacial score (nSPS) is 13.9. The van der Waals surface area contributed by atoms with Crippen LogP contribution in [0, 0.1) is 11.8 Å². The van der Waals surface area contributed by atoms with E-state index in [1.165, 1.54) is 135 Å². The number of carbonyl (C=O) groups is 3. The summed E-state index contributed by atoms with van der Waals surface area (Å²) >= 11 is 0. The molecule has 0 radical (unpaired) electrons. The van der Waals surface area contributed by atoms with Crippen LogP contribution in [0.5, 0.6) is 0 Å². The Labute approximate surface area is 383 Å². The van der Waals surface area contributed by atoms with Crippen molar-refractivity contribution in [3.63, 3.8) is 0 Å². The number of nitrogens with one attached hydrogen (secondary N) is 1. The lowest BCUT2D eigenvalue weighted by Crippen LogP contribution is -2.44. The molecular formula is C53H103N3O6. The molecule has 9 heteroatoms. The molecule has 1 rings (SSSR count). The number of amides is 1. The zero-order valence-electron chi connectivity index (χ0n) is 41.5. The largest absolute Gasteiger partial charge is 0.465 e. The quantitative estimate of drug-likeness (QED) is 0.0460. The van der Waals surface area contributed by atoms with Gasteiger partial charge in [-0.2, -0.15) is 0 Å². The molecule has 1 unspecified atom stereocenters. The second-order valence-corrected chi connectivity index (χ2v) is 19.1. The lowest BCUT2D eigenvalue weighted by atomic mass is 9.93. The van der Waals surface area contributed by atoms with Gasteiger partial charge in [-0.05, 0) is 76.8 Å². The summed E-state index contributed by atoms with van der Waals surface area (Å²) in [7, 11) is 0. The molecule has 0 aromatic heterocycles. The number of unbranched alkanes of at least 4 members (excludes halogenated alkanes) is 18. The minimum atomic E-state index is -0.140. The Morgan fingerprint density at radius 3 is 1.55 bits per heavy atom. The Hall–Kier alpha value is -1.71. The van der Waals surface area contributed by atoms with Gasteiger partial charge in [-0.1, -0.05) is 169 Å². The van der Waals surface area contributed by atoms with Crippen LogP contribution in [0.25, 0.3) is 0 Å². The molecular weight excluding hydrogens is 775 g/mol. The molecule has 9 nitrogen and oxygen atoms in total. The first kappa shape index (κ1) is 58.3. The van der Waals surface area contributed by atoms with E-state index in [0.717, 1.165) is 96.9 Å². The molecule has 62 heavy (non-hydrogen) atoms. The highest BCUT2D eigenvalue weighted by Crippen LogP contribution is 2.24. The molecule has 0 heterocycles. The van der Waals surface area contributed by atoms with Gasteiger partial charge in [0, 0.05) is 57.4 Å². The molecule has 366 valence electrons. The zero-order valence-corrected chi connectivity index (χ0v) is 41.5. The number of ether oxygens (including phenoxy) is 2. The summed E-state index contributed by atoms with van der Waals surface area (Å²) in [6, 6.07) is 0.525. The van der Waals surface area contributed by atoms with Crippen LogP contribution in [0.4, 0.5) is 0 Å². The Balaban J connectivity index is 2.68. The fraction of sp³-hybridized carbons (Fsp3) is 0.943. The number of aliphatic hydroxyl groups excluding tert-OH is 1. The van der Waals surface area contributed by atoms with E-state index in [4.69, 9.17) is 9.47 Å². The van der Waals surface area contributed by atoms with Crippen LogP contribution in [0.15, 0.2) is 0 Å². The zero-order chi connectivity index (χ0) is 45.1. The minimum absolute atomic E-state index is 0.0306. The Morgan fingerprint density at radius 1 is 0.516 bits per heavy atom. The topological polar surface area (TPSA) is 108 Å². The molecule has 2 N–H and O–H groups in total. The Morgan fingerprint density at radius 2 is 1.00 bits per heavy atom. The fourth-order valence-electron chi connectivity index (χ4n) is 9.11. The van der Waals surface area contributed by atoms with Crippen molar-refractivity contribution in [3.05, 3.63) is 0 Å². The third kappa shape index (κ3) is 34.7. The van der Waals surface area contributed by atoms with Crippen LogP contribution in [0.1, 0.15) is 246 Å². The molecule has 0 aromatic rings. The maximum Gasteiger partial charge on any atom is 0.305 e. The van der Waals surface area contributed by atoms with Gasteiger partial charge in [0.1, 0.15) is 0 Å². The van der Waals surface area contributed by atoms with Crippen molar-refractivity contribution in [2.45, 2.75) is 252 Å². The third-order valence-corrected chi connectivity index (χ3v) is 13.4. The van der Waals surface area contributed by atoms with Crippen LogP contribution in [0.2, 0.25) is 0 Å². The summed E-state index contributed by atoms with van der Waals surface area (Å²) in [6.07, 6.45) is 37.9. The van der Waals surface area contributed by atoms with Crippen LogP contribution in [0.3, 0.4) is 0 Å². The number of esters is 2. The molecule has 1 amide bonds. The highest BCUT2D eigenvalue weighted by molar-refractivity contribution is 5.75. The van der Waals surface area contributed by atoms with Gasteiger partial charge in [0.15, 0.2) is 0 Å². The van der Waals surface area contributed by atoms with Crippen molar-refractivity contribution in [1.82, 2.24) is 15.1 Å². The molecule has 1 saturated carbocycles. The molecule has 0 saturated heterocycles. The van der Waals surface area contributed by atoms with Gasteiger partial charge < -0.3 is 19.9 Å². The van der Waals surface area contributed by atoms with Gasteiger partial charge in [-0.15, -0.1) is 0 Å². The van der Waals surface area contributed by atoms with E-state index < -0.39 is 0 Å². The molecule has 0 aromatic carbocycles. The van der Waals surface area contributed by atoms with Gasteiger partial charge in [-0.25, -0.2) is 0 Å². The first-order valence-electron chi connectivity index (χ1n) is 27.0. The lowest BCUT2D eigenvalue weighted by Gasteiger charge is -2.36. The second kappa shape index (κ2) is 43.2. The second-order valence-electron chi connectivity index (χ2n) is 19.1. The Kier molecular flexibility index (Phi) is 40.6. The first-order valence-corrected chi connectivity index (χ1v) is 27.0. The van der Waals surface area contributed by atoms with Crippen LogP contribution >= 0.6 is 0 Å². The number of rotatable bonds is 45. The maximum absolute atomic E-state index is 12.9. The van der Waals surface area contributed by atoms with Gasteiger partial charge in [-0.3, -0.25) is 24.2 Å². The maximum atomic E-state index is 12.9. The smallest absolute Gasteiger partial charge is 0.305 e.